The van der Waals surface area contributed by atoms with Crippen LogP contribution in [0.3, 0.4) is 0 Å². The van der Waals surface area contributed by atoms with E-state index in [1.54, 1.807) is 0 Å². The van der Waals surface area contributed by atoms with Crippen molar-refractivity contribution in [2.24, 2.45) is 0 Å². The summed E-state index contributed by atoms with van der Waals surface area (Å²) < 4.78 is 13.6. The van der Waals surface area contributed by atoms with Gasteiger partial charge in [-0.3, -0.25) is 4.79 Å². The predicted octanol–water partition coefficient (Wildman–Crippen LogP) is 3.24. The molecule has 0 aliphatic rings. The molecule has 1 heterocycles. The van der Waals surface area contributed by atoms with Gasteiger partial charge in [0.25, 0.3) is 0 Å². The first-order chi connectivity index (χ1) is 9.99. The van der Waals surface area contributed by atoms with E-state index in [2.05, 4.69) is 5.32 Å². The van der Waals surface area contributed by atoms with E-state index < -0.39 is 11.9 Å². The minimum absolute atomic E-state index is 0.0895. The second-order valence-electron chi connectivity index (χ2n) is 4.66. The predicted molar refractivity (Wildman–Crippen MR) is 82.1 cm³/mol. The molecule has 0 aliphatic carbocycles. The molecular weight excluding hydrogens is 313 g/mol. The van der Waals surface area contributed by atoms with E-state index in [4.69, 9.17) is 11.6 Å². The Morgan fingerprint density at radius 2 is 2.24 bits per heavy atom. The summed E-state index contributed by atoms with van der Waals surface area (Å²) in [4.78, 5) is 12.7. The van der Waals surface area contributed by atoms with Crippen molar-refractivity contribution in [2.45, 2.75) is 19.4 Å². The molecule has 0 saturated carbocycles. The van der Waals surface area contributed by atoms with E-state index >= 15 is 0 Å². The van der Waals surface area contributed by atoms with Crippen molar-refractivity contribution in [1.29, 1.82) is 0 Å². The monoisotopic (exact) mass is 327 g/mol. The average Bonchev–Trinajstić information content (AvgIpc) is 2.87. The quantitative estimate of drug-likeness (QED) is 0.885. The van der Waals surface area contributed by atoms with Crippen LogP contribution >= 0.6 is 22.9 Å². The molecule has 1 aromatic carbocycles. The fourth-order valence-electron chi connectivity index (χ4n) is 1.95. The van der Waals surface area contributed by atoms with E-state index in [-0.39, 0.29) is 29.5 Å². The molecule has 0 saturated heterocycles. The Balaban J connectivity index is 1.92. The van der Waals surface area contributed by atoms with Gasteiger partial charge in [-0.1, -0.05) is 17.7 Å². The number of hydrogen-bond donors (Lipinski definition) is 2. The van der Waals surface area contributed by atoms with Gasteiger partial charge in [-0.25, -0.2) is 4.39 Å². The fraction of sp³-hybridized carbons (Fsp3) is 0.267. The van der Waals surface area contributed by atoms with Crippen LogP contribution in [0.5, 0.6) is 0 Å². The lowest BCUT2D eigenvalue weighted by Crippen LogP contribution is -2.30. The lowest BCUT2D eigenvalue weighted by molar-refractivity contribution is -0.120. The van der Waals surface area contributed by atoms with Crippen LogP contribution in [0.1, 0.15) is 22.1 Å². The highest BCUT2D eigenvalue weighted by Gasteiger charge is 2.15. The zero-order valence-corrected chi connectivity index (χ0v) is 13.0. The van der Waals surface area contributed by atoms with Crippen LogP contribution in [0.15, 0.2) is 29.6 Å². The molecule has 0 radical (unpaired) electrons. The zero-order chi connectivity index (χ0) is 15.4. The van der Waals surface area contributed by atoms with Crippen LogP contribution < -0.4 is 5.32 Å². The number of nitrogens with one attached hydrogen (secondary N) is 1. The highest BCUT2D eigenvalue weighted by Crippen LogP contribution is 2.23. The molecule has 2 aromatic rings. The first-order valence-electron chi connectivity index (χ1n) is 6.40. The zero-order valence-electron chi connectivity index (χ0n) is 11.4. The van der Waals surface area contributed by atoms with Crippen molar-refractivity contribution in [3.63, 3.8) is 0 Å². The third-order valence-corrected chi connectivity index (χ3v) is 4.57. The molecule has 3 nitrogen and oxygen atoms in total. The molecule has 0 aliphatic heterocycles. The van der Waals surface area contributed by atoms with Crippen LogP contribution in [-0.2, 0) is 11.2 Å². The van der Waals surface area contributed by atoms with Crippen LogP contribution in [0.4, 0.5) is 4.39 Å². The molecule has 1 amide bonds. The third kappa shape index (κ3) is 4.03. The summed E-state index contributed by atoms with van der Waals surface area (Å²) in [6, 6.07) is 6.20. The first kappa shape index (κ1) is 15.9. The second kappa shape index (κ2) is 7.02. The number of aliphatic hydroxyl groups is 1. The number of rotatable bonds is 5. The number of amides is 1. The number of benzene rings is 1. The fourth-order valence-corrected chi connectivity index (χ4v) is 3.10. The molecule has 0 bridgehead atoms. The van der Waals surface area contributed by atoms with Gasteiger partial charge >= 0.3 is 0 Å². The SMILES string of the molecule is Cc1ccsc1C(O)CNC(=O)Cc1c(F)cccc1Cl. The summed E-state index contributed by atoms with van der Waals surface area (Å²) in [5, 5.41) is 14.7. The summed E-state index contributed by atoms with van der Waals surface area (Å²) in [7, 11) is 0. The van der Waals surface area contributed by atoms with Crippen molar-refractivity contribution in [1.82, 2.24) is 5.32 Å². The van der Waals surface area contributed by atoms with Crippen molar-refractivity contribution >= 4 is 28.8 Å². The van der Waals surface area contributed by atoms with Gasteiger partial charge in [0.1, 0.15) is 11.9 Å². The van der Waals surface area contributed by atoms with E-state index in [1.165, 1.54) is 29.5 Å². The topological polar surface area (TPSA) is 49.3 Å². The Kier molecular flexibility index (Phi) is 5.33. The summed E-state index contributed by atoms with van der Waals surface area (Å²) in [5.74, 6) is -0.887. The highest BCUT2D eigenvalue weighted by molar-refractivity contribution is 7.10. The van der Waals surface area contributed by atoms with Gasteiger partial charge in [0.15, 0.2) is 0 Å². The van der Waals surface area contributed by atoms with Crippen molar-refractivity contribution in [3.8, 4) is 0 Å². The summed E-state index contributed by atoms with van der Waals surface area (Å²) in [6.07, 6.45) is -0.910. The standard InChI is InChI=1S/C15H15ClFNO2S/c1-9-5-6-21-15(9)13(19)8-18-14(20)7-10-11(16)3-2-4-12(10)17/h2-6,13,19H,7-8H2,1H3,(H,18,20). The number of aryl methyl sites for hydroxylation is 1. The molecular formula is C15H15ClFNO2S. The smallest absolute Gasteiger partial charge is 0.224 e. The van der Waals surface area contributed by atoms with E-state index in [9.17, 15) is 14.3 Å². The first-order valence-corrected chi connectivity index (χ1v) is 7.66. The van der Waals surface area contributed by atoms with Gasteiger partial charge in [-0.05, 0) is 36.1 Å². The number of carbonyl (C=O) groups excluding carboxylic acids is 1. The molecule has 112 valence electrons. The number of carbonyl (C=O) groups is 1. The van der Waals surface area contributed by atoms with Crippen molar-refractivity contribution in [3.05, 3.63) is 56.5 Å². The van der Waals surface area contributed by atoms with Gasteiger partial charge in [-0.15, -0.1) is 11.3 Å². The van der Waals surface area contributed by atoms with Crippen LogP contribution in [-0.4, -0.2) is 17.6 Å². The van der Waals surface area contributed by atoms with E-state index in [0.29, 0.717) is 0 Å². The van der Waals surface area contributed by atoms with Crippen LogP contribution in [0, 0.1) is 12.7 Å². The Morgan fingerprint density at radius 3 is 2.86 bits per heavy atom. The highest BCUT2D eigenvalue weighted by atomic mass is 35.5. The van der Waals surface area contributed by atoms with Gasteiger partial charge in [0.05, 0.1) is 6.42 Å². The van der Waals surface area contributed by atoms with Gasteiger partial charge in [0, 0.05) is 22.0 Å². The van der Waals surface area contributed by atoms with Gasteiger partial charge < -0.3 is 10.4 Å². The number of hydrogen-bond acceptors (Lipinski definition) is 3. The average molecular weight is 328 g/mol. The van der Waals surface area contributed by atoms with Crippen LogP contribution in [0.25, 0.3) is 0 Å². The lowest BCUT2D eigenvalue weighted by atomic mass is 10.1. The second-order valence-corrected chi connectivity index (χ2v) is 6.02. The molecule has 6 heteroatoms. The molecule has 0 fully saturated rings. The Bertz CT molecular complexity index is 624. The summed E-state index contributed by atoms with van der Waals surface area (Å²) >= 11 is 7.31. The van der Waals surface area contributed by atoms with E-state index in [1.807, 2.05) is 18.4 Å². The van der Waals surface area contributed by atoms with Gasteiger partial charge in [0.2, 0.25) is 5.91 Å². The molecule has 2 N–H and O–H groups in total. The number of thiophene rings is 1. The largest absolute Gasteiger partial charge is 0.386 e. The summed E-state index contributed by atoms with van der Waals surface area (Å²) in [6.45, 7) is 1.99. The molecule has 2 rings (SSSR count). The Hall–Kier alpha value is -1.43. The maximum absolute atomic E-state index is 13.6. The van der Waals surface area contributed by atoms with E-state index in [0.717, 1.165) is 10.4 Å². The Labute approximate surface area is 131 Å². The summed E-state index contributed by atoms with van der Waals surface area (Å²) in [5.41, 5.74) is 1.15. The number of halogens is 2. The molecule has 0 spiro atoms. The maximum atomic E-state index is 13.6. The Morgan fingerprint density at radius 1 is 1.48 bits per heavy atom. The maximum Gasteiger partial charge on any atom is 0.224 e. The molecule has 1 unspecified atom stereocenters. The minimum Gasteiger partial charge on any atom is -0.386 e. The molecule has 1 atom stereocenters. The third-order valence-electron chi connectivity index (χ3n) is 3.10. The number of aliphatic hydroxyl groups excluding tert-OH is 1. The minimum atomic E-state index is -0.759. The molecule has 1 aromatic heterocycles. The van der Waals surface area contributed by atoms with Gasteiger partial charge in [-0.2, -0.15) is 0 Å². The normalized spacial score (nSPS) is 12.2. The molecule has 21 heavy (non-hydrogen) atoms. The lowest BCUT2D eigenvalue weighted by Gasteiger charge is -2.12. The van der Waals surface area contributed by atoms with Crippen molar-refractivity contribution in [2.75, 3.05) is 6.54 Å². The van der Waals surface area contributed by atoms with Crippen molar-refractivity contribution < 1.29 is 14.3 Å². The van der Waals surface area contributed by atoms with Crippen LogP contribution in [0.2, 0.25) is 5.02 Å².